The summed E-state index contributed by atoms with van der Waals surface area (Å²) in [6, 6.07) is 1.80. The van der Waals surface area contributed by atoms with Crippen molar-refractivity contribution < 1.29 is 0 Å². The van der Waals surface area contributed by atoms with Crippen molar-refractivity contribution in [1.29, 1.82) is 0 Å². The highest BCUT2D eigenvalue weighted by molar-refractivity contribution is 7.08. The number of nitrogen functional groups attached to an aromatic ring is 1. The van der Waals surface area contributed by atoms with Crippen molar-refractivity contribution in [3.63, 3.8) is 0 Å². The largest absolute Gasteiger partial charge is 0.368 e. The van der Waals surface area contributed by atoms with Gasteiger partial charge in [-0.3, -0.25) is 0 Å². The second kappa shape index (κ2) is 4.27. The van der Waals surface area contributed by atoms with E-state index in [0.29, 0.717) is 5.95 Å². The zero-order valence-corrected chi connectivity index (χ0v) is 9.21. The maximum absolute atomic E-state index is 5.48. The number of thiophene rings is 1. The first-order chi connectivity index (χ1) is 7.25. The summed E-state index contributed by atoms with van der Waals surface area (Å²) in [5.41, 5.74) is 8.07. The number of nitrogens with zero attached hydrogens (tertiary/aromatic N) is 2. The van der Waals surface area contributed by atoms with Gasteiger partial charge in [-0.05, 0) is 34.9 Å². The highest BCUT2D eigenvalue weighted by Gasteiger charge is 2.00. The maximum atomic E-state index is 5.48. The lowest BCUT2D eigenvalue weighted by Gasteiger charge is -2.04. The van der Waals surface area contributed by atoms with Crippen LogP contribution in [0.2, 0.25) is 0 Å². The highest BCUT2D eigenvalue weighted by atomic mass is 32.1. The van der Waals surface area contributed by atoms with Crippen molar-refractivity contribution in [3.05, 3.63) is 34.2 Å². The average Bonchev–Trinajstić information content (AvgIpc) is 2.61. The van der Waals surface area contributed by atoms with E-state index in [2.05, 4.69) is 33.0 Å². The number of hydrogen-bond acceptors (Lipinski definition) is 5. The zero-order valence-electron chi connectivity index (χ0n) is 8.40. The van der Waals surface area contributed by atoms with Crippen molar-refractivity contribution in [2.75, 3.05) is 11.1 Å². The van der Waals surface area contributed by atoms with Crippen LogP contribution in [-0.2, 0) is 6.54 Å². The molecule has 0 amide bonds. The number of nitrogens with one attached hydrogen (secondary N) is 1. The van der Waals surface area contributed by atoms with Crippen LogP contribution in [0.25, 0.3) is 0 Å². The SMILES string of the molecule is Cc1cscc1CNc1ccnc(N)n1. The summed E-state index contributed by atoms with van der Waals surface area (Å²) < 4.78 is 0. The molecule has 5 heteroatoms. The van der Waals surface area contributed by atoms with E-state index in [4.69, 9.17) is 5.73 Å². The van der Waals surface area contributed by atoms with Gasteiger partial charge < -0.3 is 11.1 Å². The van der Waals surface area contributed by atoms with E-state index in [9.17, 15) is 0 Å². The predicted molar refractivity (Wildman–Crippen MR) is 62.8 cm³/mol. The average molecular weight is 220 g/mol. The Balaban J connectivity index is 2.02. The van der Waals surface area contributed by atoms with Gasteiger partial charge in [0.2, 0.25) is 5.95 Å². The minimum atomic E-state index is 0.294. The smallest absolute Gasteiger partial charge is 0.221 e. The van der Waals surface area contributed by atoms with Crippen LogP contribution in [0, 0.1) is 6.92 Å². The van der Waals surface area contributed by atoms with Gasteiger partial charge in [0.15, 0.2) is 0 Å². The minimum absolute atomic E-state index is 0.294. The Labute approximate surface area is 92.2 Å². The van der Waals surface area contributed by atoms with E-state index in [1.807, 2.05) is 0 Å². The molecule has 3 N–H and O–H groups in total. The van der Waals surface area contributed by atoms with E-state index < -0.39 is 0 Å². The standard InChI is InChI=1S/C10H12N4S/c1-7-5-15-6-8(7)4-13-9-2-3-12-10(11)14-9/h2-3,5-6H,4H2,1H3,(H3,11,12,13,14). The second-order valence-corrected chi connectivity index (χ2v) is 3.98. The summed E-state index contributed by atoms with van der Waals surface area (Å²) in [6.07, 6.45) is 1.64. The Morgan fingerprint density at radius 2 is 2.33 bits per heavy atom. The van der Waals surface area contributed by atoms with Gasteiger partial charge in [0.25, 0.3) is 0 Å². The first-order valence-electron chi connectivity index (χ1n) is 4.60. The molecule has 0 atom stereocenters. The molecule has 15 heavy (non-hydrogen) atoms. The monoisotopic (exact) mass is 220 g/mol. The van der Waals surface area contributed by atoms with Gasteiger partial charge in [0.1, 0.15) is 5.82 Å². The molecule has 0 radical (unpaired) electrons. The van der Waals surface area contributed by atoms with Gasteiger partial charge in [-0.15, -0.1) is 0 Å². The molecule has 0 aliphatic carbocycles. The van der Waals surface area contributed by atoms with E-state index in [1.165, 1.54) is 11.1 Å². The molecule has 0 aromatic carbocycles. The molecule has 78 valence electrons. The van der Waals surface area contributed by atoms with Gasteiger partial charge in [0, 0.05) is 12.7 Å². The number of hydrogen-bond donors (Lipinski definition) is 2. The van der Waals surface area contributed by atoms with Crippen molar-refractivity contribution in [2.45, 2.75) is 13.5 Å². The van der Waals surface area contributed by atoms with E-state index in [-0.39, 0.29) is 0 Å². The molecule has 2 heterocycles. The summed E-state index contributed by atoms with van der Waals surface area (Å²) >= 11 is 1.71. The van der Waals surface area contributed by atoms with Crippen LogP contribution in [0.5, 0.6) is 0 Å². The van der Waals surface area contributed by atoms with E-state index in [1.54, 1.807) is 23.6 Å². The fraction of sp³-hybridized carbons (Fsp3) is 0.200. The number of aromatic nitrogens is 2. The normalized spacial score (nSPS) is 10.2. The molecule has 2 aromatic rings. The van der Waals surface area contributed by atoms with Gasteiger partial charge in [0.05, 0.1) is 0 Å². The van der Waals surface area contributed by atoms with Gasteiger partial charge in [-0.1, -0.05) is 0 Å². The Morgan fingerprint density at radius 3 is 3.00 bits per heavy atom. The van der Waals surface area contributed by atoms with Gasteiger partial charge in [-0.25, -0.2) is 4.98 Å². The summed E-state index contributed by atoms with van der Waals surface area (Å²) in [6.45, 7) is 2.87. The maximum Gasteiger partial charge on any atom is 0.221 e. The zero-order chi connectivity index (χ0) is 10.7. The number of nitrogens with two attached hydrogens (primary N) is 1. The van der Waals surface area contributed by atoms with Crippen molar-refractivity contribution in [3.8, 4) is 0 Å². The Bertz CT molecular complexity index is 452. The second-order valence-electron chi connectivity index (χ2n) is 3.23. The molecule has 0 unspecified atom stereocenters. The molecule has 0 spiro atoms. The van der Waals surface area contributed by atoms with E-state index in [0.717, 1.165) is 12.4 Å². The number of rotatable bonds is 3. The van der Waals surface area contributed by atoms with Crippen LogP contribution >= 0.6 is 11.3 Å². The molecule has 2 aromatic heterocycles. The molecule has 0 bridgehead atoms. The van der Waals surface area contributed by atoms with E-state index >= 15 is 0 Å². The molecule has 0 fully saturated rings. The summed E-state index contributed by atoms with van der Waals surface area (Å²) in [4.78, 5) is 7.89. The van der Waals surface area contributed by atoms with Crippen LogP contribution in [0.15, 0.2) is 23.0 Å². The Hall–Kier alpha value is -1.62. The molecular weight excluding hydrogens is 208 g/mol. The fourth-order valence-corrected chi connectivity index (χ4v) is 2.08. The van der Waals surface area contributed by atoms with Gasteiger partial charge >= 0.3 is 0 Å². The van der Waals surface area contributed by atoms with Crippen LogP contribution < -0.4 is 11.1 Å². The third-order valence-corrected chi connectivity index (χ3v) is 3.01. The van der Waals surface area contributed by atoms with Crippen molar-refractivity contribution >= 4 is 23.1 Å². The summed E-state index contributed by atoms with van der Waals surface area (Å²) in [5.74, 6) is 1.05. The highest BCUT2D eigenvalue weighted by Crippen LogP contribution is 2.15. The molecule has 0 aliphatic rings. The minimum Gasteiger partial charge on any atom is -0.368 e. The Morgan fingerprint density at radius 1 is 1.47 bits per heavy atom. The topological polar surface area (TPSA) is 63.8 Å². The van der Waals surface area contributed by atoms with Crippen LogP contribution in [0.4, 0.5) is 11.8 Å². The molecule has 2 rings (SSSR count). The lowest BCUT2D eigenvalue weighted by atomic mass is 10.2. The first-order valence-corrected chi connectivity index (χ1v) is 5.54. The summed E-state index contributed by atoms with van der Waals surface area (Å²) in [5, 5.41) is 7.47. The van der Waals surface area contributed by atoms with Crippen LogP contribution in [-0.4, -0.2) is 9.97 Å². The molecule has 0 aliphatic heterocycles. The third kappa shape index (κ3) is 2.44. The lowest BCUT2D eigenvalue weighted by molar-refractivity contribution is 1.08. The first kappa shape index (κ1) is 9.92. The Kier molecular flexibility index (Phi) is 2.82. The molecular formula is C10H12N4S. The van der Waals surface area contributed by atoms with Crippen molar-refractivity contribution in [2.24, 2.45) is 0 Å². The van der Waals surface area contributed by atoms with Crippen LogP contribution in [0.1, 0.15) is 11.1 Å². The quantitative estimate of drug-likeness (QED) is 0.830. The number of aryl methyl sites for hydroxylation is 1. The van der Waals surface area contributed by atoms with Crippen molar-refractivity contribution in [1.82, 2.24) is 9.97 Å². The molecule has 4 nitrogen and oxygen atoms in total. The lowest BCUT2D eigenvalue weighted by Crippen LogP contribution is -2.03. The molecule has 0 saturated heterocycles. The predicted octanol–water partition coefficient (Wildman–Crippen LogP) is 2.04. The molecule has 0 saturated carbocycles. The third-order valence-electron chi connectivity index (χ3n) is 2.10. The van der Waals surface area contributed by atoms with Gasteiger partial charge in [-0.2, -0.15) is 16.3 Å². The fourth-order valence-electron chi connectivity index (χ4n) is 1.23. The summed E-state index contributed by atoms with van der Waals surface area (Å²) in [7, 11) is 0. The number of anilines is 2. The van der Waals surface area contributed by atoms with Crippen LogP contribution in [0.3, 0.4) is 0 Å².